The highest BCUT2D eigenvalue weighted by Gasteiger charge is 2.19. The van der Waals surface area contributed by atoms with E-state index >= 15 is 0 Å². The number of nitrogens with zero attached hydrogens (tertiary/aromatic N) is 2. The van der Waals surface area contributed by atoms with Crippen LogP contribution in [-0.2, 0) is 26.3 Å². The molecule has 0 radical (unpaired) electrons. The summed E-state index contributed by atoms with van der Waals surface area (Å²) in [6, 6.07) is 8.04. The first-order chi connectivity index (χ1) is 12.6. The number of benzene rings is 1. The molecular formula is C20H22BrN3OS. The summed E-state index contributed by atoms with van der Waals surface area (Å²) in [6.45, 7) is 0.664. The summed E-state index contributed by atoms with van der Waals surface area (Å²) in [4.78, 5) is 18.9. The normalized spacial score (nSPS) is 13.8. The van der Waals surface area contributed by atoms with Crippen LogP contribution in [0.3, 0.4) is 0 Å². The minimum Gasteiger partial charge on any atom is -0.351 e. The molecule has 1 N–H and O–H groups in total. The Bertz CT molecular complexity index is 897. The van der Waals surface area contributed by atoms with Gasteiger partial charge in [-0.15, -0.1) is 11.3 Å². The van der Waals surface area contributed by atoms with E-state index in [9.17, 15) is 4.79 Å². The lowest BCUT2D eigenvalue weighted by Crippen LogP contribution is -2.27. The Morgan fingerprint density at radius 3 is 2.92 bits per heavy atom. The van der Waals surface area contributed by atoms with Crippen LogP contribution in [0, 0.1) is 0 Å². The van der Waals surface area contributed by atoms with E-state index < -0.39 is 0 Å². The molecule has 0 atom stereocenters. The third kappa shape index (κ3) is 3.32. The van der Waals surface area contributed by atoms with E-state index in [1.54, 1.807) is 0 Å². The maximum atomic E-state index is 12.7. The van der Waals surface area contributed by atoms with Crippen molar-refractivity contribution < 1.29 is 4.79 Å². The second kappa shape index (κ2) is 7.53. The second-order valence-corrected chi connectivity index (χ2v) is 8.74. The lowest BCUT2D eigenvalue weighted by Gasteiger charge is -2.07. The number of para-hydroxylation sites is 1. The van der Waals surface area contributed by atoms with Gasteiger partial charge in [-0.3, -0.25) is 4.79 Å². The van der Waals surface area contributed by atoms with Gasteiger partial charge in [0, 0.05) is 35.8 Å². The van der Waals surface area contributed by atoms with Crippen molar-refractivity contribution in [3.63, 3.8) is 0 Å². The van der Waals surface area contributed by atoms with Crippen LogP contribution in [0.25, 0.3) is 10.9 Å². The number of carbonyl (C=O) groups excluding carboxylic acids is 1. The molecular weight excluding hydrogens is 410 g/mol. The first-order valence-electron chi connectivity index (χ1n) is 9.13. The molecule has 136 valence electrons. The smallest absolute Gasteiger partial charge is 0.269 e. The van der Waals surface area contributed by atoms with Crippen molar-refractivity contribution in [1.29, 1.82) is 0 Å². The highest BCUT2D eigenvalue weighted by Crippen LogP contribution is 2.30. The topological polar surface area (TPSA) is 46.9 Å². The minimum absolute atomic E-state index is 0.0333. The average molecular weight is 432 g/mol. The Labute approximate surface area is 165 Å². The van der Waals surface area contributed by atoms with Crippen molar-refractivity contribution in [3.05, 3.63) is 50.0 Å². The average Bonchev–Trinajstić information content (AvgIpc) is 3.18. The molecule has 0 saturated carbocycles. The van der Waals surface area contributed by atoms with Crippen LogP contribution in [-0.4, -0.2) is 22.0 Å². The van der Waals surface area contributed by atoms with Gasteiger partial charge in [-0.1, -0.05) is 18.2 Å². The summed E-state index contributed by atoms with van der Waals surface area (Å²) in [7, 11) is 1.93. The van der Waals surface area contributed by atoms with Crippen molar-refractivity contribution in [1.82, 2.24) is 14.9 Å². The fourth-order valence-corrected chi connectivity index (χ4v) is 5.62. The van der Waals surface area contributed by atoms with Crippen molar-refractivity contribution >= 4 is 44.1 Å². The van der Waals surface area contributed by atoms with Gasteiger partial charge in [-0.05, 0) is 54.1 Å². The fourth-order valence-electron chi connectivity index (χ4n) is 3.64. The van der Waals surface area contributed by atoms with Gasteiger partial charge in [0.15, 0.2) is 0 Å². The predicted molar refractivity (Wildman–Crippen MR) is 110 cm³/mol. The number of amides is 1. The summed E-state index contributed by atoms with van der Waals surface area (Å²) < 4.78 is 2.81. The summed E-state index contributed by atoms with van der Waals surface area (Å²) >= 11 is 5.45. The van der Waals surface area contributed by atoms with E-state index in [1.165, 1.54) is 34.8 Å². The van der Waals surface area contributed by atoms with E-state index in [2.05, 4.69) is 21.2 Å². The zero-order valence-corrected chi connectivity index (χ0v) is 17.3. The van der Waals surface area contributed by atoms with Gasteiger partial charge in [0.25, 0.3) is 5.91 Å². The predicted octanol–water partition coefficient (Wildman–Crippen LogP) is 4.64. The number of aryl methyl sites for hydroxylation is 4. The standard InChI is InChI=1S/C20H22BrN3OS/c1-24-15-9-4-2-7-13(15)18(21)19(24)20(25)22-12-6-11-17-23-14-8-3-5-10-16(14)26-17/h2,4,7,9H,3,5-6,8,10-12H2,1H3,(H,22,25). The van der Waals surface area contributed by atoms with E-state index in [1.807, 2.05) is 47.2 Å². The van der Waals surface area contributed by atoms with Crippen LogP contribution >= 0.6 is 27.3 Å². The van der Waals surface area contributed by atoms with Gasteiger partial charge < -0.3 is 9.88 Å². The fraction of sp³-hybridized carbons (Fsp3) is 0.400. The lowest BCUT2D eigenvalue weighted by atomic mass is 10.0. The molecule has 0 unspecified atom stereocenters. The summed E-state index contributed by atoms with van der Waals surface area (Å²) in [6.07, 6.45) is 6.75. The van der Waals surface area contributed by atoms with Gasteiger partial charge in [-0.25, -0.2) is 4.98 Å². The molecule has 0 saturated heterocycles. The number of rotatable bonds is 5. The molecule has 1 aromatic carbocycles. The van der Waals surface area contributed by atoms with Crippen LogP contribution in [0.15, 0.2) is 28.7 Å². The quantitative estimate of drug-likeness (QED) is 0.598. The molecule has 1 amide bonds. The van der Waals surface area contributed by atoms with Gasteiger partial charge in [0.1, 0.15) is 5.69 Å². The number of halogens is 1. The summed E-state index contributed by atoms with van der Waals surface area (Å²) in [5, 5.41) is 5.34. The van der Waals surface area contributed by atoms with Gasteiger partial charge in [0.2, 0.25) is 0 Å². The molecule has 1 aliphatic carbocycles. The van der Waals surface area contributed by atoms with Crippen LogP contribution in [0.5, 0.6) is 0 Å². The Morgan fingerprint density at radius 1 is 1.31 bits per heavy atom. The maximum absolute atomic E-state index is 12.7. The van der Waals surface area contributed by atoms with Crippen molar-refractivity contribution in [2.45, 2.75) is 38.5 Å². The Balaban J connectivity index is 1.36. The van der Waals surface area contributed by atoms with Crippen molar-refractivity contribution in [2.24, 2.45) is 7.05 Å². The number of nitrogens with one attached hydrogen (secondary N) is 1. The third-order valence-corrected chi connectivity index (χ3v) is 7.02. The molecule has 2 aromatic heterocycles. The number of thiazole rings is 1. The molecule has 0 bridgehead atoms. The molecule has 3 aromatic rings. The van der Waals surface area contributed by atoms with Gasteiger partial charge >= 0.3 is 0 Å². The van der Waals surface area contributed by atoms with E-state index in [0.717, 1.165) is 34.6 Å². The van der Waals surface area contributed by atoms with Crippen LogP contribution in [0.2, 0.25) is 0 Å². The van der Waals surface area contributed by atoms with E-state index in [4.69, 9.17) is 4.98 Å². The molecule has 6 heteroatoms. The molecule has 0 spiro atoms. The molecule has 26 heavy (non-hydrogen) atoms. The molecule has 4 rings (SSSR count). The Kier molecular flexibility index (Phi) is 5.14. The van der Waals surface area contributed by atoms with Crippen LogP contribution < -0.4 is 5.32 Å². The third-order valence-electron chi connectivity index (χ3n) is 5.00. The lowest BCUT2D eigenvalue weighted by molar-refractivity contribution is 0.0944. The SMILES string of the molecule is Cn1c(C(=O)NCCCc2nc3c(s2)CCCC3)c(Br)c2ccccc21. The highest BCUT2D eigenvalue weighted by atomic mass is 79.9. The number of hydrogen-bond acceptors (Lipinski definition) is 3. The van der Waals surface area contributed by atoms with Crippen LogP contribution in [0.1, 0.15) is 45.3 Å². The number of fused-ring (bicyclic) bond motifs is 2. The van der Waals surface area contributed by atoms with E-state index in [0.29, 0.717) is 12.2 Å². The molecule has 2 heterocycles. The van der Waals surface area contributed by atoms with Crippen LogP contribution in [0.4, 0.5) is 0 Å². The zero-order valence-electron chi connectivity index (χ0n) is 14.8. The molecule has 4 nitrogen and oxygen atoms in total. The first kappa shape index (κ1) is 17.7. The maximum Gasteiger partial charge on any atom is 0.269 e. The number of aromatic nitrogens is 2. The number of carbonyl (C=O) groups is 1. The summed E-state index contributed by atoms with van der Waals surface area (Å²) in [5.41, 5.74) is 3.05. The largest absolute Gasteiger partial charge is 0.351 e. The Morgan fingerprint density at radius 2 is 2.12 bits per heavy atom. The zero-order chi connectivity index (χ0) is 18.1. The molecule has 0 aliphatic heterocycles. The molecule has 1 aliphatic rings. The second-order valence-electron chi connectivity index (χ2n) is 6.78. The first-order valence-corrected chi connectivity index (χ1v) is 10.7. The van der Waals surface area contributed by atoms with Gasteiger partial charge in [0.05, 0.1) is 15.2 Å². The van der Waals surface area contributed by atoms with E-state index in [-0.39, 0.29) is 5.91 Å². The highest BCUT2D eigenvalue weighted by molar-refractivity contribution is 9.10. The minimum atomic E-state index is -0.0333. The summed E-state index contributed by atoms with van der Waals surface area (Å²) in [5.74, 6) is -0.0333. The van der Waals surface area contributed by atoms with Gasteiger partial charge in [-0.2, -0.15) is 0 Å². The Hall–Kier alpha value is -1.66. The van der Waals surface area contributed by atoms with Crippen molar-refractivity contribution in [3.8, 4) is 0 Å². The molecule has 0 fully saturated rings. The monoisotopic (exact) mass is 431 g/mol. The number of hydrogen-bond donors (Lipinski definition) is 1. The van der Waals surface area contributed by atoms with Crippen molar-refractivity contribution in [2.75, 3.05) is 6.54 Å².